The summed E-state index contributed by atoms with van der Waals surface area (Å²) in [4.78, 5) is 11.7. The topological polar surface area (TPSA) is 35.5 Å². The Bertz CT molecular complexity index is 179. The molecule has 0 aromatic carbocycles. The fraction of sp³-hybridized carbons (Fsp3) is 0.900. The molecule has 0 radical (unpaired) electrons. The second-order valence-corrected chi connectivity index (χ2v) is 3.96. The van der Waals surface area contributed by atoms with E-state index in [-0.39, 0.29) is 5.92 Å². The lowest BCUT2D eigenvalue weighted by molar-refractivity contribution is -0.123. The summed E-state index contributed by atoms with van der Waals surface area (Å²) in [6.07, 6.45) is 2.68. The van der Waals surface area contributed by atoms with E-state index in [2.05, 4.69) is 0 Å². The van der Waals surface area contributed by atoms with Crippen LogP contribution in [0.15, 0.2) is 0 Å². The fourth-order valence-corrected chi connectivity index (χ4v) is 1.98. The van der Waals surface area contributed by atoms with Gasteiger partial charge in [0.15, 0.2) is 0 Å². The van der Waals surface area contributed by atoms with Crippen molar-refractivity contribution >= 4 is 5.78 Å². The van der Waals surface area contributed by atoms with Gasteiger partial charge in [-0.3, -0.25) is 4.79 Å². The molecule has 2 saturated heterocycles. The Morgan fingerprint density at radius 1 is 1.15 bits per heavy atom. The number of ether oxygens (including phenoxy) is 2. The third kappa shape index (κ3) is 2.29. The highest BCUT2D eigenvalue weighted by atomic mass is 16.5. The molecule has 2 atom stereocenters. The van der Waals surface area contributed by atoms with Crippen LogP contribution in [0.3, 0.4) is 0 Å². The van der Waals surface area contributed by atoms with E-state index < -0.39 is 0 Å². The summed E-state index contributed by atoms with van der Waals surface area (Å²) in [5, 5.41) is 0. The van der Waals surface area contributed by atoms with Crippen LogP contribution in [0.4, 0.5) is 0 Å². The first-order valence-corrected chi connectivity index (χ1v) is 5.04. The van der Waals surface area contributed by atoms with E-state index in [1.54, 1.807) is 0 Å². The molecule has 0 bridgehead atoms. The number of carbonyl (C=O) groups excluding carboxylic acids is 1. The molecule has 3 nitrogen and oxygen atoms in total. The molecular formula is C10H16O3. The predicted octanol–water partition coefficient (Wildman–Crippen LogP) is 1.02. The second kappa shape index (κ2) is 4.20. The predicted molar refractivity (Wildman–Crippen MR) is 47.5 cm³/mol. The van der Waals surface area contributed by atoms with Crippen LogP contribution < -0.4 is 0 Å². The highest BCUT2D eigenvalue weighted by Crippen LogP contribution is 2.22. The van der Waals surface area contributed by atoms with Crippen LogP contribution in [0.2, 0.25) is 0 Å². The lowest BCUT2D eigenvalue weighted by Gasteiger charge is -2.09. The Balaban J connectivity index is 1.76. The van der Waals surface area contributed by atoms with Crippen molar-refractivity contribution in [1.29, 1.82) is 0 Å². The Hall–Kier alpha value is -0.410. The van der Waals surface area contributed by atoms with E-state index in [1.165, 1.54) is 0 Å². The fourth-order valence-electron chi connectivity index (χ4n) is 1.98. The molecule has 2 fully saturated rings. The van der Waals surface area contributed by atoms with Gasteiger partial charge in [-0.2, -0.15) is 0 Å². The highest BCUT2D eigenvalue weighted by molar-refractivity contribution is 5.81. The van der Waals surface area contributed by atoms with Crippen LogP contribution in [0.25, 0.3) is 0 Å². The maximum atomic E-state index is 11.7. The van der Waals surface area contributed by atoms with Crippen molar-refractivity contribution in [3.63, 3.8) is 0 Å². The molecule has 0 amide bonds. The van der Waals surface area contributed by atoms with E-state index >= 15 is 0 Å². The molecule has 74 valence electrons. The van der Waals surface area contributed by atoms with Crippen LogP contribution in [-0.4, -0.2) is 32.2 Å². The third-order valence-corrected chi connectivity index (χ3v) is 2.90. The van der Waals surface area contributed by atoms with Gasteiger partial charge in [0.05, 0.1) is 6.61 Å². The van der Waals surface area contributed by atoms with E-state index in [4.69, 9.17) is 9.47 Å². The molecule has 0 spiro atoms. The SMILES string of the molecule is O=C(CC1CCOC1)C1CCOC1. The van der Waals surface area contributed by atoms with Crippen LogP contribution in [0.5, 0.6) is 0 Å². The normalized spacial score (nSPS) is 33.8. The molecular weight excluding hydrogens is 168 g/mol. The molecule has 13 heavy (non-hydrogen) atoms. The average Bonchev–Trinajstić information content (AvgIpc) is 2.74. The molecule has 0 aliphatic carbocycles. The number of ketones is 1. The van der Waals surface area contributed by atoms with Gasteiger partial charge in [0.1, 0.15) is 5.78 Å². The summed E-state index contributed by atoms with van der Waals surface area (Å²) >= 11 is 0. The Morgan fingerprint density at radius 3 is 2.54 bits per heavy atom. The third-order valence-electron chi connectivity index (χ3n) is 2.90. The molecule has 2 rings (SSSR count). The molecule has 0 N–H and O–H groups in total. The maximum absolute atomic E-state index is 11.7. The van der Waals surface area contributed by atoms with Crippen LogP contribution in [0, 0.1) is 11.8 Å². The van der Waals surface area contributed by atoms with Gasteiger partial charge in [0, 0.05) is 32.2 Å². The van der Waals surface area contributed by atoms with E-state index in [1.807, 2.05) is 0 Å². The molecule has 2 aliphatic heterocycles. The van der Waals surface area contributed by atoms with Gasteiger partial charge in [-0.1, -0.05) is 0 Å². The number of carbonyl (C=O) groups is 1. The van der Waals surface area contributed by atoms with Gasteiger partial charge in [0.2, 0.25) is 0 Å². The Morgan fingerprint density at radius 2 is 1.92 bits per heavy atom. The van der Waals surface area contributed by atoms with E-state index in [0.29, 0.717) is 24.7 Å². The summed E-state index contributed by atoms with van der Waals surface area (Å²) in [6, 6.07) is 0. The van der Waals surface area contributed by atoms with Crippen molar-refractivity contribution in [3.8, 4) is 0 Å². The molecule has 3 heteroatoms. The minimum absolute atomic E-state index is 0.181. The zero-order valence-electron chi connectivity index (χ0n) is 7.83. The number of hydrogen-bond acceptors (Lipinski definition) is 3. The molecule has 2 aliphatic rings. The minimum Gasteiger partial charge on any atom is -0.381 e. The lowest BCUT2D eigenvalue weighted by atomic mass is 9.93. The number of Topliss-reactive ketones (excluding diaryl/α,β-unsaturated/α-hetero) is 1. The molecule has 2 heterocycles. The van der Waals surface area contributed by atoms with Crippen molar-refractivity contribution in [2.24, 2.45) is 11.8 Å². The summed E-state index contributed by atoms with van der Waals surface area (Å²) in [7, 11) is 0. The number of rotatable bonds is 3. The summed E-state index contributed by atoms with van der Waals surface area (Å²) < 4.78 is 10.4. The first-order chi connectivity index (χ1) is 6.36. The van der Waals surface area contributed by atoms with Crippen molar-refractivity contribution in [1.82, 2.24) is 0 Å². The van der Waals surface area contributed by atoms with Crippen LogP contribution >= 0.6 is 0 Å². The smallest absolute Gasteiger partial charge is 0.138 e. The van der Waals surface area contributed by atoms with Crippen LogP contribution in [0.1, 0.15) is 19.3 Å². The van der Waals surface area contributed by atoms with Gasteiger partial charge >= 0.3 is 0 Å². The van der Waals surface area contributed by atoms with Gasteiger partial charge in [-0.05, 0) is 18.8 Å². The largest absolute Gasteiger partial charge is 0.381 e. The molecule has 0 aromatic heterocycles. The lowest BCUT2D eigenvalue weighted by Crippen LogP contribution is -2.18. The number of hydrogen-bond donors (Lipinski definition) is 0. The second-order valence-electron chi connectivity index (χ2n) is 3.96. The Kier molecular flexibility index (Phi) is 2.96. The molecule has 0 saturated carbocycles. The highest BCUT2D eigenvalue weighted by Gasteiger charge is 2.27. The average molecular weight is 184 g/mol. The quantitative estimate of drug-likeness (QED) is 0.657. The summed E-state index contributed by atoms with van der Waals surface area (Å²) in [5.74, 6) is 1.04. The van der Waals surface area contributed by atoms with Crippen molar-refractivity contribution in [2.45, 2.75) is 19.3 Å². The molecule has 0 aromatic rings. The van der Waals surface area contributed by atoms with E-state index in [0.717, 1.165) is 32.7 Å². The summed E-state index contributed by atoms with van der Waals surface area (Å²) in [5.41, 5.74) is 0. The van der Waals surface area contributed by atoms with Gasteiger partial charge in [0.25, 0.3) is 0 Å². The standard InChI is InChI=1S/C10H16O3/c11-10(9-2-4-13-7-9)5-8-1-3-12-6-8/h8-9H,1-7H2. The zero-order valence-corrected chi connectivity index (χ0v) is 7.83. The monoisotopic (exact) mass is 184 g/mol. The van der Waals surface area contributed by atoms with Gasteiger partial charge in [-0.25, -0.2) is 0 Å². The molecule has 2 unspecified atom stereocenters. The first-order valence-electron chi connectivity index (χ1n) is 5.04. The van der Waals surface area contributed by atoms with Crippen molar-refractivity contribution in [3.05, 3.63) is 0 Å². The van der Waals surface area contributed by atoms with Crippen molar-refractivity contribution < 1.29 is 14.3 Å². The van der Waals surface area contributed by atoms with Gasteiger partial charge in [-0.15, -0.1) is 0 Å². The van der Waals surface area contributed by atoms with Gasteiger partial charge < -0.3 is 9.47 Å². The van der Waals surface area contributed by atoms with Crippen LogP contribution in [-0.2, 0) is 14.3 Å². The maximum Gasteiger partial charge on any atom is 0.138 e. The first kappa shape index (κ1) is 9.16. The van der Waals surface area contributed by atoms with E-state index in [9.17, 15) is 4.79 Å². The minimum atomic E-state index is 0.181. The van der Waals surface area contributed by atoms with Crippen molar-refractivity contribution in [2.75, 3.05) is 26.4 Å². The Labute approximate surface area is 78.4 Å². The zero-order chi connectivity index (χ0) is 9.10. The summed E-state index contributed by atoms with van der Waals surface area (Å²) in [6.45, 7) is 3.02.